The number of aromatic nitrogens is 5. The summed E-state index contributed by atoms with van der Waals surface area (Å²) in [4.78, 5) is 41.1. The molecule has 0 spiro atoms. The minimum Gasteiger partial charge on any atom is -0.504 e. The summed E-state index contributed by atoms with van der Waals surface area (Å²) in [7, 11) is 0. The normalized spacial score (nSPS) is 15.4. The zero-order chi connectivity index (χ0) is 31.8. The molecule has 1 saturated heterocycles. The fourth-order valence-electron chi connectivity index (χ4n) is 6.27. The number of fused-ring (bicyclic) bond motifs is 2. The molecule has 0 atom stereocenters. The van der Waals surface area contributed by atoms with Gasteiger partial charge in [0.25, 0.3) is 5.56 Å². The van der Waals surface area contributed by atoms with Gasteiger partial charge in [-0.25, -0.2) is 4.98 Å². The van der Waals surface area contributed by atoms with Gasteiger partial charge in [0, 0.05) is 53.9 Å². The molecule has 1 amide bonds. The Balaban J connectivity index is 1.28. The monoisotopic (exact) mass is 640 g/mol. The second-order valence-corrected chi connectivity index (χ2v) is 11.7. The largest absolute Gasteiger partial charge is 0.504 e. The average Bonchev–Trinajstić information content (AvgIpc) is 3.54. The van der Waals surface area contributed by atoms with Gasteiger partial charge in [-0.15, -0.1) is 5.10 Å². The van der Waals surface area contributed by atoms with Crippen molar-refractivity contribution in [3.63, 3.8) is 0 Å². The molecule has 7 rings (SSSR count). The minimum atomic E-state index is -0.284. The van der Waals surface area contributed by atoms with Crippen LogP contribution in [-0.4, -0.2) is 74.6 Å². The van der Waals surface area contributed by atoms with E-state index in [1.165, 1.54) is 4.52 Å². The van der Waals surface area contributed by atoms with Gasteiger partial charge in [-0.3, -0.25) is 9.59 Å². The van der Waals surface area contributed by atoms with Crippen LogP contribution in [-0.2, 0) is 22.5 Å². The lowest BCUT2D eigenvalue weighted by atomic mass is 10.1. The molecule has 5 aromatic rings. The van der Waals surface area contributed by atoms with Crippen LogP contribution in [0.2, 0.25) is 5.02 Å². The van der Waals surface area contributed by atoms with E-state index in [4.69, 9.17) is 21.3 Å². The van der Waals surface area contributed by atoms with E-state index in [9.17, 15) is 14.7 Å². The minimum absolute atomic E-state index is 0.0844. The molecule has 0 bridgehead atoms. The molecular formula is C33H33ClN8O4. The third-order valence-corrected chi connectivity index (χ3v) is 8.85. The molecule has 3 aromatic heterocycles. The molecule has 2 aliphatic heterocycles. The van der Waals surface area contributed by atoms with Crippen LogP contribution in [0.3, 0.4) is 0 Å². The van der Waals surface area contributed by atoms with E-state index in [0.29, 0.717) is 91.7 Å². The highest BCUT2D eigenvalue weighted by molar-refractivity contribution is 6.36. The lowest BCUT2D eigenvalue weighted by Crippen LogP contribution is -2.49. The molecule has 0 aliphatic carbocycles. The fraction of sp³-hybridized carbons (Fsp3) is 0.303. The standard InChI is InChI=1S/C33H33ClN8O4/c1-2-26-29(39-14-16-40(17-15-39)31-27(43)8-5-13-35-31)32(45)42-33(37-30(38-42)21-11-18-46-19-12-21)41(26)20-28(44)36-25-10-9-24(34)22-6-3-4-7-23(22)25/h3-11,13,43H,2,12,14-20H2,1H3,(H,36,44). The molecule has 0 radical (unpaired) electrons. The highest BCUT2D eigenvalue weighted by Crippen LogP contribution is 2.31. The Hall–Kier alpha value is -4.94. The van der Waals surface area contributed by atoms with E-state index in [1.54, 1.807) is 35.0 Å². The number of aromatic hydroxyl groups is 1. The Morgan fingerprint density at radius 1 is 1.04 bits per heavy atom. The van der Waals surface area contributed by atoms with Crippen LogP contribution in [0.5, 0.6) is 5.75 Å². The average molecular weight is 641 g/mol. The summed E-state index contributed by atoms with van der Waals surface area (Å²) in [6, 6.07) is 14.5. The number of nitrogens with one attached hydrogen (secondary N) is 1. The van der Waals surface area contributed by atoms with Crippen molar-refractivity contribution in [3.8, 4) is 5.75 Å². The third-order valence-electron chi connectivity index (χ3n) is 8.52. The van der Waals surface area contributed by atoms with Crippen LogP contribution in [0, 0.1) is 0 Å². The number of hydrogen-bond donors (Lipinski definition) is 2. The molecule has 0 saturated carbocycles. The van der Waals surface area contributed by atoms with Gasteiger partial charge in [-0.05, 0) is 42.7 Å². The molecule has 46 heavy (non-hydrogen) atoms. The van der Waals surface area contributed by atoms with Crippen molar-refractivity contribution in [3.05, 3.63) is 87.7 Å². The molecule has 13 heteroatoms. The first kappa shape index (κ1) is 29.8. The van der Waals surface area contributed by atoms with Gasteiger partial charge in [0.2, 0.25) is 11.7 Å². The first-order valence-corrected chi connectivity index (χ1v) is 15.7. The summed E-state index contributed by atoms with van der Waals surface area (Å²) in [6.07, 6.45) is 4.69. The number of ether oxygens (including phenoxy) is 1. The first-order chi connectivity index (χ1) is 22.4. The van der Waals surface area contributed by atoms with Crippen LogP contribution in [0.4, 0.5) is 17.2 Å². The highest BCUT2D eigenvalue weighted by atomic mass is 35.5. The maximum absolute atomic E-state index is 14.2. The van der Waals surface area contributed by atoms with Crippen LogP contribution in [0.25, 0.3) is 22.1 Å². The van der Waals surface area contributed by atoms with E-state index >= 15 is 0 Å². The molecule has 12 nitrogen and oxygen atoms in total. The summed E-state index contributed by atoms with van der Waals surface area (Å²) in [5, 5.41) is 20.3. The van der Waals surface area contributed by atoms with E-state index in [-0.39, 0.29) is 23.8 Å². The Bertz CT molecular complexity index is 2050. The van der Waals surface area contributed by atoms with Gasteiger partial charge in [-0.1, -0.05) is 48.9 Å². The zero-order valence-corrected chi connectivity index (χ0v) is 26.1. The number of carbonyl (C=O) groups is 1. The summed E-state index contributed by atoms with van der Waals surface area (Å²) in [5.41, 5.74) is 2.45. The predicted molar refractivity (Wildman–Crippen MR) is 178 cm³/mol. The predicted octanol–water partition coefficient (Wildman–Crippen LogP) is 4.13. The Kier molecular flexibility index (Phi) is 8.05. The quantitative estimate of drug-likeness (QED) is 0.270. The number of benzene rings is 2. The van der Waals surface area contributed by atoms with Crippen LogP contribution in [0.1, 0.15) is 24.9 Å². The molecular weight excluding hydrogens is 608 g/mol. The number of carbonyl (C=O) groups excluding carboxylic acids is 1. The lowest BCUT2D eigenvalue weighted by molar-refractivity contribution is -0.116. The van der Waals surface area contributed by atoms with Crippen molar-refractivity contribution in [2.24, 2.45) is 0 Å². The second kappa shape index (κ2) is 12.5. The third kappa shape index (κ3) is 5.43. The molecule has 2 aliphatic rings. The van der Waals surface area contributed by atoms with Gasteiger partial charge in [0.05, 0.1) is 18.9 Å². The molecule has 2 N–H and O–H groups in total. The van der Waals surface area contributed by atoms with Crippen molar-refractivity contribution in [2.75, 3.05) is 54.5 Å². The number of pyridine rings is 1. The molecule has 236 valence electrons. The highest BCUT2D eigenvalue weighted by Gasteiger charge is 2.29. The topological polar surface area (TPSA) is 130 Å². The maximum Gasteiger partial charge on any atom is 0.299 e. The van der Waals surface area contributed by atoms with Crippen LogP contribution < -0.4 is 20.7 Å². The Morgan fingerprint density at radius 3 is 2.57 bits per heavy atom. The van der Waals surface area contributed by atoms with Gasteiger partial charge >= 0.3 is 0 Å². The smallest absolute Gasteiger partial charge is 0.299 e. The van der Waals surface area contributed by atoms with Crippen molar-refractivity contribution < 1.29 is 14.6 Å². The molecule has 5 heterocycles. The van der Waals surface area contributed by atoms with Gasteiger partial charge in [0.15, 0.2) is 17.4 Å². The van der Waals surface area contributed by atoms with Crippen molar-refractivity contribution >= 4 is 56.8 Å². The van der Waals surface area contributed by atoms with E-state index in [0.717, 1.165) is 16.3 Å². The van der Waals surface area contributed by atoms with Crippen LogP contribution >= 0.6 is 11.6 Å². The summed E-state index contributed by atoms with van der Waals surface area (Å²) >= 11 is 6.42. The van der Waals surface area contributed by atoms with Gasteiger partial charge < -0.3 is 29.5 Å². The van der Waals surface area contributed by atoms with E-state index in [2.05, 4.69) is 15.4 Å². The Labute approximate surface area is 269 Å². The number of anilines is 3. The number of piperazine rings is 1. The van der Waals surface area contributed by atoms with Crippen molar-refractivity contribution in [1.82, 2.24) is 24.1 Å². The molecule has 2 aromatic carbocycles. The zero-order valence-electron chi connectivity index (χ0n) is 25.3. The summed E-state index contributed by atoms with van der Waals surface area (Å²) in [6.45, 7) is 5.00. The number of rotatable bonds is 7. The van der Waals surface area contributed by atoms with Crippen LogP contribution in [0.15, 0.2) is 65.6 Å². The second-order valence-electron chi connectivity index (χ2n) is 11.3. The SMILES string of the molecule is CCc1c(N2CCN(c3ncccc3O)CC2)c(=O)n2nc(C3=CCOCC3)nc2n1CC(=O)Nc1ccc(Cl)c2ccccc12. The maximum atomic E-state index is 14.2. The lowest BCUT2D eigenvalue weighted by Gasteiger charge is -2.37. The summed E-state index contributed by atoms with van der Waals surface area (Å²) in [5.74, 6) is 1.12. The summed E-state index contributed by atoms with van der Waals surface area (Å²) < 4.78 is 8.60. The number of nitrogens with zero attached hydrogens (tertiary/aromatic N) is 7. The molecule has 0 unspecified atom stereocenters. The van der Waals surface area contributed by atoms with Gasteiger partial charge in [-0.2, -0.15) is 9.50 Å². The fourth-order valence-corrected chi connectivity index (χ4v) is 6.50. The van der Waals surface area contributed by atoms with Crippen molar-refractivity contribution in [2.45, 2.75) is 26.3 Å². The number of amides is 1. The Morgan fingerprint density at radius 2 is 1.83 bits per heavy atom. The van der Waals surface area contributed by atoms with Crippen molar-refractivity contribution in [1.29, 1.82) is 0 Å². The number of halogens is 1. The van der Waals surface area contributed by atoms with Gasteiger partial charge in [0.1, 0.15) is 12.2 Å². The van der Waals surface area contributed by atoms with E-state index < -0.39 is 0 Å². The molecule has 1 fully saturated rings. The van der Waals surface area contributed by atoms with E-state index in [1.807, 2.05) is 47.1 Å². The number of hydrogen-bond acceptors (Lipinski definition) is 9. The first-order valence-electron chi connectivity index (χ1n) is 15.3.